The minimum Gasteiger partial charge on any atom is -0.453 e. The molecule has 3 N–H and O–H groups in total. The number of nitrogens with one attached hydrogen (secondary N) is 1. The van der Waals surface area contributed by atoms with Gasteiger partial charge in [-0.2, -0.15) is 0 Å². The molecular formula is C12H9BrClN3O. The third kappa shape index (κ3) is 2.80. The lowest BCUT2D eigenvalue weighted by Gasteiger charge is -2.10. The van der Waals surface area contributed by atoms with Crippen LogP contribution in [0.4, 0.5) is 0 Å². The fourth-order valence-electron chi connectivity index (χ4n) is 1.36. The summed E-state index contributed by atoms with van der Waals surface area (Å²) in [5.74, 6) is 0.797. The maximum Gasteiger partial charge on any atom is 0.156 e. The first-order valence-electron chi connectivity index (χ1n) is 4.99. The summed E-state index contributed by atoms with van der Waals surface area (Å²) < 4.78 is 6.48. The Balaban J connectivity index is 2.37. The van der Waals surface area contributed by atoms with E-state index in [1.807, 2.05) is 6.07 Å². The quantitative estimate of drug-likeness (QED) is 0.669. The molecule has 92 valence electrons. The molecule has 4 nitrogen and oxygen atoms in total. The molecule has 1 aromatic heterocycles. The second kappa shape index (κ2) is 5.37. The summed E-state index contributed by atoms with van der Waals surface area (Å²) in [7, 11) is 0. The van der Waals surface area contributed by atoms with E-state index in [0.29, 0.717) is 22.1 Å². The number of halogens is 2. The Morgan fingerprint density at radius 2 is 2.11 bits per heavy atom. The normalized spacial score (nSPS) is 10.1. The summed E-state index contributed by atoms with van der Waals surface area (Å²) in [4.78, 5) is 3.94. The third-order valence-corrected chi connectivity index (χ3v) is 2.98. The van der Waals surface area contributed by atoms with Crippen LogP contribution in [0.5, 0.6) is 11.5 Å². The Morgan fingerprint density at radius 1 is 1.33 bits per heavy atom. The summed E-state index contributed by atoms with van der Waals surface area (Å²) in [5, 5.41) is 7.92. The van der Waals surface area contributed by atoms with E-state index in [1.165, 1.54) is 6.20 Å². The van der Waals surface area contributed by atoms with Gasteiger partial charge in [0.1, 0.15) is 11.6 Å². The molecule has 0 unspecified atom stereocenters. The number of rotatable bonds is 3. The van der Waals surface area contributed by atoms with Crippen LogP contribution in [-0.2, 0) is 0 Å². The lowest BCUT2D eigenvalue weighted by atomic mass is 10.2. The SMILES string of the molecule is N=C(N)c1ccncc1Oc1ccc(Br)cc1Cl. The first-order chi connectivity index (χ1) is 8.58. The molecule has 0 saturated heterocycles. The van der Waals surface area contributed by atoms with Gasteiger partial charge in [0, 0.05) is 10.7 Å². The number of benzene rings is 1. The Hall–Kier alpha value is -1.59. The number of pyridine rings is 1. The maximum atomic E-state index is 7.46. The maximum absolute atomic E-state index is 7.46. The van der Waals surface area contributed by atoms with Gasteiger partial charge in [0.15, 0.2) is 5.75 Å². The van der Waals surface area contributed by atoms with Crippen LogP contribution < -0.4 is 10.5 Å². The zero-order valence-electron chi connectivity index (χ0n) is 9.15. The summed E-state index contributed by atoms with van der Waals surface area (Å²) in [6.45, 7) is 0. The minimum absolute atomic E-state index is 0.0827. The highest BCUT2D eigenvalue weighted by atomic mass is 79.9. The van der Waals surface area contributed by atoms with Crippen LogP contribution >= 0.6 is 27.5 Å². The minimum atomic E-state index is -0.0827. The molecule has 0 aliphatic carbocycles. The van der Waals surface area contributed by atoms with Gasteiger partial charge in [-0.3, -0.25) is 10.4 Å². The van der Waals surface area contributed by atoms with Gasteiger partial charge in [0.25, 0.3) is 0 Å². The monoisotopic (exact) mass is 325 g/mol. The first-order valence-corrected chi connectivity index (χ1v) is 6.16. The van der Waals surface area contributed by atoms with Gasteiger partial charge in [0.05, 0.1) is 16.8 Å². The molecule has 1 heterocycles. The number of amidine groups is 1. The molecule has 2 rings (SSSR count). The largest absolute Gasteiger partial charge is 0.453 e. The second-order valence-electron chi connectivity index (χ2n) is 3.46. The van der Waals surface area contributed by atoms with Crippen molar-refractivity contribution in [2.24, 2.45) is 5.73 Å². The standard InChI is InChI=1S/C12H9BrClN3O/c13-7-1-2-10(9(14)5-7)18-11-6-17-4-3-8(11)12(15)16/h1-6H,(H3,15,16). The van der Waals surface area contributed by atoms with Gasteiger partial charge in [-0.1, -0.05) is 27.5 Å². The topological polar surface area (TPSA) is 72.0 Å². The van der Waals surface area contributed by atoms with Crippen LogP contribution in [0, 0.1) is 5.41 Å². The van der Waals surface area contributed by atoms with E-state index in [9.17, 15) is 0 Å². The van der Waals surface area contributed by atoms with E-state index >= 15 is 0 Å². The molecule has 1 aromatic carbocycles. The van der Waals surface area contributed by atoms with Crippen molar-refractivity contribution in [2.75, 3.05) is 0 Å². The molecule has 6 heteroatoms. The van der Waals surface area contributed by atoms with Crippen molar-refractivity contribution in [3.63, 3.8) is 0 Å². The van der Waals surface area contributed by atoms with E-state index in [-0.39, 0.29) is 5.84 Å². The van der Waals surface area contributed by atoms with Gasteiger partial charge in [-0.25, -0.2) is 0 Å². The van der Waals surface area contributed by atoms with Gasteiger partial charge in [0.2, 0.25) is 0 Å². The number of aromatic nitrogens is 1. The van der Waals surface area contributed by atoms with E-state index in [0.717, 1.165) is 4.47 Å². The summed E-state index contributed by atoms with van der Waals surface area (Å²) in [5.41, 5.74) is 5.94. The molecule has 0 amide bonds. The fraction of sp³-hybridized carbons (Fsp3) is 0. The van der Waals surface area contributed by atoms with Gasteiger partial charge >= 0.3 is 0 Å². The molecule has 0 fully saturated rings. The first kappa shape index (κ1) is 12.9. The predicted octanol–water partition coefficient (Wildman–Crippen LogP) is 3.57. The average molecular weight is 327 g/mol. The van der Waals surface area contributed by atoms with Gasteiger partial charge < -0.3 is 10.5 Å². The van der Waals surface area contributed by atoms with Gasteiger partial charge in [-0.15, -0.1) is 0 Å². The van der Waals surface area contributed by atoms with Crippen LogP contribution in [-0.4, -0.2) is 10.8 Å². The average Bonchev–Trinajstić information content (AvgIpc) is 2.33. The molecule has 0 atom stereocenters. The predicted molar refractivity (Wildman–Crippen MR) is 74.5 cm³/mol. The van der Waals surface area contributed by atoms with Crippen LogP contribution in [0.2, 0.25) is 5.02 Å². The lowest BCUT2D eigenvalue weighted by molar-refractivity contribution is 0.479. The highest BCUT2D eigenvalue weighted by Gasteiger charge is 2.09. The highest BCUT2D eigenvalue weighted by Crippen LogP contribution is 2.32. The zero-order valence-corrected chi connectivity index (χ0v) is 11.5. The van der Waals surface area contributed by atoms with Crippen LogP contribution in [0.25, 0.3) is 0 Å². The van der Waals surface area contributed by atoms with Crippen molar-refractivity contribution in [2.45, 2.75) is 0 Å². The van der Waals surface area contributed by atoms with Crippen molar-refractivity contribution in [1.82, 2.24) is 4.98 Å². The summed E-state index contributed by atoms with van der Waals surface area (Å²) in [6, 6.07) is 6.87. The Kier molecular flexibility index (Phi) is 3.84. The van der Waals surface area contributed by atoms with Crippen molar-refractivity contribution in [3.05, 3.63) is 51.7 Å². The molecular weight excluding hydrogens is 318 g/mol. The molecule has 0 aliphatic heterocycles. The second-order valence-corrected chi connectivity index (χ2v) is 4.79. The molecule has 0 radical (unpaired) electrons. The Bertz CT molecular complexity index is 604. The number of hydrogen-bond donors (Lipinski definition) is 2. The number of nitrogen functional groups attached to an aromatic ring is 1. The van der Waals surface area contributed by atoms with Crippen LogP contribution in [0.15, 0.2) is 41.1 Å². The molecule has 0 saturated carbocycles. The summed E-state index contributed by atoms with van der Waals surface area (Å²) >= 11 is 9.36. The van der Waals surface area contributed by atoms with Crippen molar-refractivity contribution >= 4 is 33.4 Å². The highest BCUT2D eigenvalue weighted by molar-refractivity contribution is 9.10. The number of ether oxygens (including phenoxy) is 1. The number of nitrogens with two attached hydrogens (primary N) is 1. The fourth-order valence-corrected chi connectivity index (χ4v) is 2.07. The molecule has 18 heavy (non-hydrogen) atoms. The summed E-state index contributed by atoms with van der Waals surface area (Å²) in [6.07, 6.45) is 3.04. The number of hydrogen-bond acceptors (Lipinski definition) is 3. The lowest BCUT2D eigenvalue weighted by Crippen LogP contribution is -2.12. The van der Waals surface area contributed by atoms with Crippen molar-refractivity contribution in [3.8, 4) is 11.5 Å². The zero-order chi connectivity index (χ0) is 13.1. The molecule has 0 bridgehead atoms. The van der Waals surface area contributed by atoms with Crippen molar-refractivity contribution < 1.29 is 4.74 Å². The molecule has 0 spiro atoms. The van der Waals surface area contributed by atoms with E-state index < -0.39 is 0 Å². The third-order valence-electron chi connectivity index (χ3n) is 2.19. The van der Waals surface area contributed by atoms with E-state index in [4.69, 9.17) is 27.5 Å². The smallest absolute Gasteiger partial charge is 0.156 e. The van der Waals surface area contributed by atoms with E-state index in [1.54, 1.807) is 24.4 Å². The van der Waals surface area contributed by atoms with Crippen LogP contribution in [0.1, 0.15) is 5.56 Å². The number of nitrogens with zero attached hydrogens (tertiary/aromatic N) is 1. The Morgan fingerprint density at radius 3 is 2.78 bits per heavy atom. The van der Waals surface area contributed by atoms with Crippen molar-refractivity contribution in [1.29, 1.82) is 5.41 Å². The van der Waals surface area contributed by atoms with E-state index in [2.05, 4.69) is 20.9 Å². The van der Waals surface area contributed by atoms with Gasteiger partial charge in [-0.05, 0) is 24.3 Å². The Labute approximate surface area is 117 Å². The van der Waals surface area contributed by atoms with Crippen LogP contribution in [0.3, 0.4) is 0 Å². The molecule has 2 aromatic rings. The molecule has 0 aliphatic rings.